The molecule has 0 heterocycles. The number of benzene rings is 3. The third-order valence-corrected chi connectivity index (χ3v) is 14.0. The molecule has 34 heavy (non-hydrogen) atoms. The van der Waals surface area contributed by atoms with Crippen molar-refractivity contribution >= 4 is 13.3 Å². The van der Waals surface area contributed by atoms with Gasteiger partial charge in [0.25, 0.3) is 0 Å². The molecule has 1 nitrogen and oxygen atoms in total. The summed E-state index contributed by atoms with van der Waals surface area (Å²) >= 11 is 0. The van der Waals surface area contributed by atoms with Crippen molar-refractivity contribution in [3.05, 3.63) is 118 Å². The van der Waals surface area contributed by atoms with Crippen LogP contribution in [0.5, 0.6) is 5.75 Å². The van der Waals surface area contributed by atoms with Gasteiger partial charge < -0.3 is 4.74 Å². The molecule has 2 heteroatoms. The van der Waals surface area contributed by atoms with Gasteiger partial charge in [0.1, 0.15) is 13.8 Å². The Morgan fingerprint density at radius 2 is 1.50 bits per heavy atom. The van der Waals surface area contributed by atoms with Gasteiger partial charge in [0.05, 0.1) is 7.11 Å². The zero-order valence-corrected chi connectivity index (χ0v) is 22.6. The average molecular weight is 467 g/mol. The molecule has 0 radical (unpaired) electrons. The summed E-state index contributed by atoms with van der Waals surface area (Å²) in [7, 11) is -0.252. The molecule has 176 valence electrons. The summed E-state index contributed by atoms with van der Waals surface area (Å²) < 4.78 is 6.41. The first-order valence-electron chi connectivity index (χ1n) is 12.5. The van der Waals surface area contributed by atoms with Gasteiger partial charge in [-0.15, -0.1) is 0 Å². The molecule has 0 fully saturated rings. The molecule has 0 saturated carbocycles. The third-order valence-electron chi connectivity index (χ3n) is 7.63. The minimum absolute atomic E-state index is 0.121. The summed E-state index contributed by atoms with van der Waals surface area (Å²) in [5.41, 5.74) is 5.18. The molecule has 1 aliphatic rings. The Morgan fingerprint density at radius 1 is 0.912 bits per heavy atom. The second-order valence-corrected chi connectivity index (χ2v) is 15.7. The highest BCUT2D eigenvalue weighted by molar-refractivity contribution is 7.00. The summed E-state index contributed by atoms with van der Waals surface area (Å²) in [6, 6.07) is 27.7. The molecule has 1 aliphatic carbocycles. The van der Waals surface area contributed by atoms with Crippen molar-refractivity contribution in [1.29, 1.82) is 0 Å². The van der Waals surface area contributed by atoms with Gasteiger partial charge in [0.2, 0.25) is 0 Å². The van der Waals surface area contributed by atoms with E-state index in [4.69, 9.17) is 4.74 Å². The first kappa shape index (κ1) is 24.3. The van der Waals surface area contributed by atoms with Crippen molar-refractivity contribution in [1.82, 2.24) is 0 Å². The van der Waals surface area contributed by atoms with E-state index in [-0.39, 0.29) is 11.0 Å². The maximum atomic E-state index is 6.41. The lowest BCUT2D eigenvalue weighted by molar-refractivity contribution is 0.411. The van der Waals surface area contributed by atoms with Crippen LogP contribution in [0, 0.1) is 6.92 Å². The quantitative estimate of drug-likeness (QED) is 0.252. The lowest BCUT2D eigenvalue weighted by Crippen LogP contribution is -2.57. The second kappa shape index (κ2) is 9.80. The van der Waals surface area contributed by atoms with Crippen molar-refractivity contribution in [2.24, 2.45) is 0 Å². The van der Waals surface area contributed by atoms with E-state index in [1.54, 1.807) is 5.20 Å². The Balaban J connectivity index is 2.05. The van der Waals surface area contributed by atoms with Crippen molar-refractivity contribution in [3.8, 4) is 5.75 Å². The van der Waals surface area contributed by atoms with E-state index in [2.05, 4.69) is 126 Å². The maximum absolute atomic E-state index is 6.41. The number of rotatable bonds is 7. The number of methoxy groups -OCH3 is 1. The highest BCUT2D eigenvalue weighted by atomic mass is 28.3. The highest BCUT2D eigenvalue weighted by Gasteiger charge is 2.49. The van der Waals surface area contributed by atoms with E-state index in [1.807, 2.05) is 7.11 Å². The molecule has 0 N–H and O–H groups in total. The highest BCUT2D eigenvalue weighted by Crippen LogP contribution is 2.48. The van der Waals surface area contributed by atoms with E-state index in [0.29, 0.717) is 0 Å². The molecule has 1 unspecified atom stereocenters. The SMILES string of the molecule is CC[Si](C1=CC=CC1)(c1cc(C)cc(C(c2ccccc2)c2ccccc2)c1OC)C(C)(C)C. The van der Waals surface area contributed by atoms with E-state index in [9.17, 15) is 0 Å². The summed E-state index contributed by atoms with van der Waals surface area (Å²) in [5.74, 6) is 1.20. The molecular weight excluding hydrogens is 428 g/mol. The smallest absolute Gasteiger partial charge is 0.123 e. The summed E-state index contributed by atoms with van der Waals surface area (Å²) in [4.78, 5) is 0. The van der Waals surface area contributed by atoms with Crippen LogP contribution in [0.4, 0.5) is 0 Å². The van der Waals surface area contributed by atoms with E-state index in [1.165, 1.54) is 27.4 Å². The molecular formula is C32H38OSi. The second-order valence-electron chi connectivity index (χ2n) is 10.5. The van der Waals surface area contributed by atoms with Crippen molar-refractivity contribution in [2.75, 3.05) is 7.11 Å². The van der Waals surface area contributed by atoms with E-state index in [0.717, 1.165) is 18.2 Å². The van der Waals surface area contributed by atoms with Crippen LogP contribution in [0.25, 0.3) is 0 Å². The minimum Gasteiger partial charge on any atom is -0.497 e. The lowest BCUT2D eigenvalue weighted by Gasteiger charge is -2.45. The number of ether oxygens (including phenoxy) is 1. The molecule has 4 rings (SSSR count). The van der Waals surface area contributed by atoms with Crippen molar-refractivity contribution < 1.29 is 4.74 Å². The number of hydrogen-bond donors (Lipinski definition) is 0. The molecule has 3 aromatic rings. The third kappa shape index (κ3) is 4.20. The first-order valence-corrected chi connectivity index (χ1v) is 14.7. The zero-order valence-electron chi connectivity index (χ0n) is 21.6. The molecule has 0 spiro atoms. The zero-order chi connectivity index (χ0) is 24.3. The molecule has 0 aliphatic heterocycles. The number of allylic oxidation sites excluding steroid dienone is 4. The van der Waals surface area contributed by atoms with Crippen LogP contribution in [-0.2, 0) is 0 Å². The standard InChI is InChI=1S/C32H38OSi/c1-7-34(32(3,4)5,27-20-14-15-21-27)29-23-24(2)22-28(31(29)33-6)30(25-16-10-8-11-17-25)26-18-12-9-13-19-26/h8-20,22-23,30H,7,21H2,1-6H3. The summed E-state index contributed by atoms with van der Waals surface area (Å²) in [5, 5.41) is 3.23. The van der Waals surface area contributed by atoms with Crippen LogP contribution < -0.4 is 9.92 Å². The monoisotopic (exact) mass is 466 g/mol. The normalized spacial score (nSPS) is 15.3. The van der Waals surface area contributed by atoms with Gasteiger partial charge in [0, 0.05) is 11.5 Å². The van der Waals surface area contributed by atoms with Gasteiger partial charge in [-0.1, -0.05) is 136 Å². The maximum Gasteiger partial charge on any atom is 0.123 e. The first-order chi connectivity index (χ1) is 16.3. The van der Waals surface area contributed by atoms with Gasteiger partial charge in [-0.05, 0) is 34.7 Å². The predicted octanol–water partition coefficient (Wildman–Crippen LogP) is 8.09. The van der Waals surface area contributed by atoms with Crippen LogP contribution in [0.1, 0.15) is 62.3 Å². The van der Waals surface area contributed by atoms with E-state index >= 15 is 0 Å². The van der Waals surface area contributed by atoms with Crippen molar-refractivity contribution in [3.63, 3.8) is 0 Å². The molecule has 1 atom stereocenters. The Hall–Kier alpha value is -2.84. The molecule has 3 aromatic carbocycles. The summed E-state index contributed by atoms with van der Waals surface area (Å²) in [6.07, 6.45) is 8.02. The predicted molar refractivity (Wildman–Crippen MR) is 149 cm³/mol. The van der Waals surface area contributed by atoms with Gasteiger partial charge in [-0.2, -0.15) is 0 Å². The largest absolute Gasteiger partial charge is 0.497 e. The lowest BCUT2D eigenvalue weighted by atomic mass is 9.84. The van der Waals surface area contributed by atoms with Gasteiger partial charge in [-0.25, -0.2) is 0 Å². The van der Waals surface area contributed by atoms with Gasteiger partial charge >= 0.3 is 0 Å². The van der Waals surface area contributed by atoms with Crippen LogP contribution in [0.3, 0.4) is 0 Å². The Labute approximate surface area is 207 Å². The molecule has 0 aromatic heterocycles. The Kier molecular flexibility index (Phi) is 7.00. The van der Waals surface area contributed by atoms with Crippen LogP contribution >= 0.6 is 0 Å². The van der Waals surface area contributed by atoms with Crippen molar-refractivity contribution in [2.45, 2.75) is 58.0 Å². The topological polar surface area (TPSA) is 9.23 Å². The summed E-state index contributed by atoms with van der Waals surface area (Å²) in [6.45, 7) is 12.0. The molecule has 0 bridgehead atoms. The Bertz CT molecular complexity index is 1150. The van der Waals surface area contributed by atoms with E-state index < -0.39 is 8.07 Å². The number of hydrogen-bond acceptors (Lipinski definition) is 1. The number of aryl methyl sites for hydroxylation is 1. The van der Waals surface area contributed by atoms with Gasteiger partial charge in [0.15, 0.2) is 0 Å². The molecule has 0 amide bonds. The fourth-order valence-corrected chi connectivity index (χ4v) is 12.1. The fraction of sp³-hybridized carbons (Fsp3) is 0.312. The van der Waals surface area contributed by atoms with Crippen LogP contribution in [0.2, 0.25) is 11.1 Å². The van der Waals surface area contributed by atoms with Gasteiger partial charge in [-0.3, -0.25) is 0 Å². The van der Waals surface area contributed by atoms with Crippen LogP contribution in [-0.4, -0.2) is 15.2 Å². The minimum atomic E-state index is -2.12. The molecule has 0 saturated heterocycles. The van der Waals surface area contributed by atoms with Crippen LogP contribution in [0.15, 0.2) is 96.2 Å². The average Bonchev–Trinajstić information content (AvgIpc) is 3.36. The fourth-order valence-electron chi connectivity index (χ4n) is 6.17. The Morgan fingerprint density at radius 3 is 1.94 bits per heavy atom.